The van der Waals surface area contributed by atoms with Gasteiger partial charge in [-0.2, -0.15) is 4.39 Å². The highest BCUT2D eigenvalue weighted by Gasteiger charge is 2.09. The van der Waals surface area contributed by atoms with Crippen LogP contribution in [0.4, 0.5) is 10.2 Å². The van der Waals surface area contributed by atoms with Gasteiger partial charge in [0, 0.05) is 34.8 Å². The zero-order valence-electron chi connectivity index (χ0n) is 10.8. The van der Waals surface area contributed by atoms with Gasteiger partial charge in [-0.3, -0.25) is 4.98 Å². The van der Waals surface area contributed by atoms with Gasteiger partial charge in [-0.05, 0) is 24.3 Å². The lowest BCUT2D eigenvalue weighted by Gasteiger charge is -2.02. The van der Waals surface area contributed by atoms with Crippen molar-refractivity contribution in [3.05, 3.63) is 48.7 Å². The second-order valence-corrected chi connectivity index (χ2v) is 4.74. The number of nitrogens with zero attached hydrogens (tertiary/aromatic N) is 3. The van der Waals surface area contributed by atoms with E-state index in [1.54, 1.807) is 18.5 Å². The maximum atomic E-state index is 13.4. The third kappa shape index (κ3) is 1.88. The first-order valence-electron chi connectivity index (χ1n) is 6.36. The van der Waals surface area contributed by atoms with Gasteiger partial charge in [-0.15, -0.1) is 0 Å². The van der Waals surface area contributed by atoms with Crippen LogP contribution in [0.2, 0.25) is 0 Å². The molecular weight excluding hydrogens is 269 g/mol. The molecule has 4 aromatic heterocycles. The summed E-state index contributed by atoms with van der Waals surface area (Å²) in [6.07, 6.45) is 3.51. The van der Waals surface area contributed by atoms with Crippen LogP contribution in [-0.2, 0) is 0 Å². The summed E-state index contributed by atoms with van der Waals surface area (Å²) < 4.78 is 13.4. The average Bonchev–Trinajstić information content (AvgIpc) is 2.83. The highest BCUT2D eigenvalue weighted by Crippen LogP contribution is 2.27. The number of H-pyrrole nitrogens is 1. The summed E-state index contributed by atoms with van der Waals surface area (Å²) in [6.45, 7) is 0. The number of fused-ring (bicyclic) bond motifs is 3. The number of pyridine rings is 3. The molecule has 21 heavy (non-hydrogen) atoms. The van der Waals surface area contributed by atoms with Crippen molar-refractivity contribution in [1.82, 2.24) is 19.9 Å². The standard InChI is InChI=1S/C15H10FN5/c16-13-5-8(6-14(17)21-13)11-2-1-9-10-7-18-4-3-12(10)20-15(9)19-11/h1-7H,(H2,17,21)(H,19,20). The highest BCUT2D eigenvalue weighted by molar-refractivity contribution is 6.05. The van der Waals surface area contributed by atoms with Crippen LogP contribution in [0, 0.1) is 5.95 Å². The van der Waals surface area contributed by atoms with Gasteiger partial charge in [0.2, 0.25) is 5.95 Å². The van der Waals surface area contributed by atoms with Gasteiger partial charge in [0.05, 0.1) is 11.2 Å². The van der Waals surface area contributed by atoms with Gasteiger partial charge in [-0.25, -0.2) is 9.97 Å². The van der Waals surface area contributed by atoms with Gasteiger partial charge < -0.3 is 10.7 Å². The number of hydrogen-bond acceptors (Lipinski definition) is 4. The molecule has 0 aliphatic rings. The Hall–Kier alpha value is -3.02. The van der Waals surface area contributed by atoms with E-state index >= 15 is 0 Å². The number of nitrogens with two attached hydrogens (primary N) is 1. The number of aromatic amines is 1. The number of nitrogens with one attached hydrogen (secondary N) is 1. The molecule has 4 aromatic rings. The minimum atomic E-state index is -0.618. The number of rotatable bonds is 1. The molecule has 0 aliphatic heterocycles. The Labute approximate surface area is 118 Å². The average molecular weight is 279 g/mol. The molecule has 0 unspecified atom stereocenters. The van der Waals surface area contributed by atoms with E-state index in [2.05, 4.69) is 19.9 Å². The first kappa shape index (κ1) is 11.8. The van der Waals surface area contributed by atoms with E-state index in [0.29, 0.717) is 11.3 Å². The lowest BCUT2D eigenvalue weighted by Crippen LogP contribution is -1.95. The van der Waals surface area contributed by atoms with Crippen molar-refractivity contribution < 1.29 is 4.39 Å². The van der Waals surface area contributed by atoms with E-state index in [9.17, 15) is 4.39 Å². The number of aromatic nitrogens is 4. The molecule has 4 rings (SSSR count). The van der Waals surface area contributed by atoms with Crippen molar-refractivity contribution in [1.29, 1.82) is 0 Å². The number of hydrogen-bond donors (Lipinski definition) is 2. The molecule has 0 saturated carbocycles. The fraction of sp³-hybridized carbons (Fsp3) is 0. The molecule has 0 bridgehead atoms. The Bertz CT molecular complexity index is 956. The summed E-state index contributed by atoms with van der Waals surface area (Å²) in [6, 6.07) is 8.57. The maximum absolute atomic E-state index is 13.4. The van der Waals surface area contributed by atoms with E-state index in [0.717, 1.165) is 21.9 Å². The third-order valence-electron chi connectivity index (χ3n) is 3.37. The first-order valence-corrected chi connectivity index (χ1v) is 6.36. The van der Waals surface area contributed by atoms with Gasteiger partial charge >= 0.3 is 0 Å². The van der Waals surface area contributed by atoms with Crippen molar-refractivity contribution in [3.63, 3.8) is 0 Å². The Kier molecular flexibility index (Phi) is 2.38. The second kappa shape index (κ2) is 4.24. The third-order valence-corrected chi connectivity index (χ3v) is 3.37. The second-order valence-electron chi connectivity index (χ2n) is 4.74. The molecule has 0 spiro atoms. The topological polar surface area (TPSA) is 80.5 Å². The van der Waals surface area contributed by atoms with Crippen LogP contribution in [0.25, 0.3) is 33.2 Å². The van der Waals surface area contributed by atoms with Crippen molar-refractivity contribution in [2.45, 2.75) is 0 Å². The van der Waals surface area contributed by atoms with E-state index in [1.165, 1.54) is 6.07 Å². The molecule has 5 nitrogen and oxygen atoms in total. The molecule has 0 aliphatic carbocycles. The van der Waals surface area contributed by atoms with E-state index in [1.807, 2.05) is 18.2 Å². The van der Waals surface area contributed by atoms with Crippen LogP contribution in [0.5, 0.6) is 0 Å². The van der Waals surface area contributed by atoms with E-state index < -0.39 is 5.95 Å². The molecule has 0 aromatic carbocycles. The molecule has 6 heteroatoms. The molecule has 0 fully saturated rings. The van der Waals surface area contributed by atoms with Gasteiger partial charge in [0.25, 0.3) is 0 Å². The zero-order valence-corrected chi connectivity index (χ0v) is 10.8. The summed E-state index contributed by atoms with van der Waals surface area (Å²) >= 11 is 0. The smallest absolute Gasteiger partial charge is 0.215 e. The summed E-state index contributed by atoms with van der Waals surface area (Å²) in [5.41, 5.74) is 8.50. The number of nitrogen functional groups attached to an aromatic ring is 1. The van der Waals surface area contributed by atoms with Crippen LogP contribution in [-0.4, -0.2) is 19.9 Å². The summed E-state index contributed by atoms with van der Waals surface area (Å²) in [4.78, 5) is 15.4. The van der Waals surface area contributed by atoms with Crippen LogP contribution >= 0.6 is 0 Å². The maximum Gasteiger partial charge on any atom is 0.215 e. The van der Waals surface area contributed by atoms with Crippen molar-refractivity contribution in [2.75, 3.05) is 5.73 Å². The first-order chi connectivity index (χ1) is 10.2. The minimum Gasteiger partial charge on any atom is -0.384 e. The molecule has 0 amide bonds. The summed E-state index contributed by atoms with van der Waals surface area (Å²) in [5, 5.41) is 1.98. The number of halogens is 1. The predicted molar refractivity (Wildman–Crippen MR) is 79.0 cm³/mol. The lowest BCUT2D eigenvalue weighted by atomic mass is 10.1. The van der Waals surface area contributed by atoms with Crippen LogP contribution < -0.4 is 5.73 Å². The van der Waals surface area contributed by atoms with Gasteiger partial charge in [0.1, 0.15) is 11.5 Å². The Morgan fingerprint density at radius 2 is 1.95 bits per heavy atom. The molecule has 0 atom stereocenters. The lowest BCUT2D eigenvalue weighted by molar-refractivity contribution is 0.586. The molecule has 102 valence electrons. The molecule has 4 heterocycles. The monoisotopic (exact) mass is 279 g/mol. The quantitative estimate of drug-likeness (QED) is 0.525. The molecule has 0 saturated heterocycles. The summed E-state index contributed by atoms with van der Waals surface area (Å²) in [7, 11) is 0. The largest absolute Gasteiger partial charge is 0.384 e. The normalized spacial score (nSPS) is 11.3. The van der Waals surface area contributed by atoms with Crippen LogP contribution in [0.1, 0.15) is 0 Å². The molecule has 3 N–H and O–H groups in total. The number of anilines is 1. The van der Waals surface area contributed by atoms with Crippen molar-refractivity contribution in [3.8, 4) is 11.3 Å². The van der Waals surface area contributed by atoms with Crippen LogP contribution in [0.3, 0.4) is 0 Å². The Morgan fingerprint density at radius 3 is 2.81 bits per heavy atom. The Balaban J connectivity index is 1.96. The molecule has 0 radical (unpaired) electrons. The Morgan fingerprint density at radius 1 is 1.05 bits per heavy atom. The van der Waals surface area contributed by atoms with Gasteiger partial charge in [-0.1, -0.05) is 0 Å². The zero-order chi connectivity index (χ0) is 14.4. The SMILES string of the molecule is Nc1cc(-c2ccc3c(n2)[nH]c2ccncc23)cc(F)n1. The fourth-order valence-corrected chi connectivity index (χ4v) is 2.44. The molecular formula is C15H10FN5. The highest BCUT2D eigenvalue weighted by atomic mass is 19.1. The van der Waals surface area contributed by atoms with Crippen molar-refractivity contribution in [2.24, 2.45) is 0 Å². The fourth-order valence-electron chi connectivity index (χ4n) is 2.44. The van der Waals surface area contributed by atoms with E-state index in [-0.39, 0.29) is 5.82 Å². The minimum absolute atomic E-state index is 0.132. The predicted octanol–water partition coefficient (Wildman–Crippen LogP) is 2.89. The summed E-state index contributed by atoms with van der Waals surface area (Å²) in [5.74, 6) is -0.486. The van der Waals surface area contributed by atoms with Gasteiger partial charge in [0.15, 0.2) is 0 Å². The van der Waals surface area contributed by atoms with E-state index in [4.69, 9.17) is 5.73 Å². The van der Waals surface area contributed by atoms with Crippen LogP contribution in [0.15, 0.2) is 42.7 Å². The van der Waals surface area contributed by atoms with Crippen molar-refractivity contribution >= 4 is 27.8 Å².